The van der Waals surface area contributed by atoms with Gasteiger partial charge in [-0.3, -0.25) is 4.79 Å². The summed E-state index contributed by atoms with van der Waals surface area (Å²) in [7, 11) is 1.23. The second-order valence-corrected chi connectivity index (χ2v) is 6.93. The van der Waals surface area contributed by atoms with Crippen molar-refractivity contribution >= 4 is 11.9 Å². The number of benzene rings is 1. The Morgan fingerprint density at radius 1 is 1.11 bits per heavy atom. The molecule has 0 aromatic heterocycles. The molecule has 152 valence electrons. The smallest absolute Gasteiger partial charge is 0.366 e. The lowest BCUT2D eigenvalue weighted by molar-refractivity contribution is -0.339. The molecule has 0 radical (unpaired) electrons. The third-order valence-corrected chi connectivity index (χ3v) is 4.92. The molecule has 0 bridgehead atoms. The molecular weight excluding hydrogens is 372 g/mol. The normalized spacial score (nSPS) is 39.5. The molecule has 3 aliphatic rings. The average Bonchev–Trinajstić information content (AvgIpc) is 3.04. The summed E-state index contributed by atoms with van der Waals surface area (Å²) in [4.78, 5) is 23.8. The fourth-order valence-corrected chi connectivity index (χ4v) is 3.66. The zero-order chi connectivity index (χ0) is 19.9. The Kier molecular flexibility index (Phi) is 5.11. The fourth-order valence-electron chi connectivity index (χ4n) is 3.66. The molecule has 3 saturated heterocycles. The highest BCUT2D eigenvalue weighted by molar-refractivity contribution is 5.77. The van der Waals surface area contributed by atoms with Crippen molar-refractivity contribution in [3.8, 4) is 0 Å². The third-order valence-electron chi connectivity index (χ3n) is 4.92. The first-order chi connectivity index (χ1) is 13.4. The molecular formula is C19H22O9. The summed E-state index contributed by atoms with van der Waals surface area (Å²) in [6.45, 7) is 2.92. The van der Waals surface area contributed by atoms with E-state index >= 15 is 0 Å². The quantitative estimate of drug-likeness (QED) is 0.697. The van der Waals surface area contributed by atoms with Crippen LogP contribution in [0.2, 0.25) is 0 Å². The van der Waals surface area contributed by atoms with Crippen LogP contribution in [0, 0.1) is 0 Å². The molecule has 3 unspecified atom stereocenters. The highest BCUT2D eigenvalue weighted by Gasteiger charge is 2.61. The van der Waals surface area contributed by atoms with Gasteiger partial charge in [-0.15, -0.1) is 0 Å². The molecule has 7 atom stereocenters. The maximum absolute atomic E-state index is 12.1. The van der Waals surface area contributed by atoms with Gasteiger partial charge in [0, 0.05) is 19.4 Å². The minimum absolute atomic E-state index is 0.198. The van der Waals surface area contributed by atoms with Crippen molar-refractivity contribution in [2.45, 2.75) is 56.6 Å². The molecule has 9 nitrogen and oxygen atoms in total. The van der Waals surface area contributed by atoms with Gasteiger partial charge in [0.15, 0.2) is 24.8 Å². The fraction of sp³-hybridized carbons (Fsp3) is 0.579. The second-order valence-electron chi connectivity index (χ2n) is 6.93. The topological polar surface area (TPSA) is 98.8 Å². The van der Waals surface area contributed by atoms with Crippen LogP contribution in [0.3, 0.4) is 0 Å². The average molecular weight is 394 g/mol. The van der Waals surface area contributed by atoms with Gasteiger partial charge in [-0.1, -0.05) is 30.3 Å². The predicted octanol–water partition coefficient (Wildman–Crippen LogP) is 1.06. The lowest BCUT2D eigenvalue weighted by Gasteiger charge is -2.45. The number of ether oxygens (including phenoxy) is 7. The summed E-state index contributed by atoms with van der Waals surface area (Å²) >= 11 is 0. The van der Waals surface area contributed by atoms with Gasteiger partial charge in [0.2, 0.25) is 0 Å². The van der Waals surface area contributed by atoms with E-state index in [1.807, 2.05) is 30.3 Å². The lowest BCUT2D eigenvalue weighted by Crippen LogP contribution is -2.62. The van der Waals surface area contributed by atoms with E-state index in [0.717, 1.165) is 5.56 Å². The minimum atomic E-state index is -1.67. The molecule has 0 amide bonds. The van der Waals surface area contributed by atoms with E-state index in [1.54, 1.807) is 0 Å². The zero-order valence-corrected chi connectivity index (χ0v) is 15.7. The number of methoxy groups -OCH3 is 1. The Balaban J connectivity index is 1.59. The van der Waals surface area contributed by atoms with Gasteiger partial charge < -0.3 is 33.2 Å². The highest BCUT2D eigenvalue weighted by atomic mass is 16.9. The van der Waals surface area contributed by atoms with Gasteiger partial charge in [-0.2, -0.15) is 0 Å². The van der Waals surface area contributed by atoms with Gasteiger partial charge in [-0.05, 0) is 0 Å². The van der Waals surface area contributed by atoms with Gasteiger partial charge in [-0.25, -0.2) is 4.79 Å². The Hall–Kier alpha value is -2.04. The molecule has 9 heteroatoms. The number of fused-ring (bicyclic) bond motifs is 2. The molecule has 3 aliphatic heterocycles. The SMILES string of the molecule is COC(=O)[C@@]1(C)OC2[C@H](OC3COC(c4ccccc4)O[C@H]3[C@@H]2OC(C)=O)O1. The van der Waals surface area contributed by atoms with E-state index in [-0.39, 0.29) is 6.61 Å². The van der Waals surface area contributed by atoms with Crippen molar-refractivity contribution in [1.29, 1.82) is 0 Å². The number of carbonyl (C=O) groups excluding carboxylic acids is 2. The Morgan fingerprint density at radius 3 is 2.54 bits per heavy atom. The van der Waals surface area contributed by atoms with Gasteiger partial charge in [0.05, 0.1) is 13.7 Å². The zero-order valence-electron chi connectivity index (χ0n) is 15.7. The summed E-state index contributed by atoms with van der Waals surface area (Å²) in [6, 6.07) is 9.40. The predicted molar refractivity (Wildman–Crippen MR) is 90.6 cm³/mol. The van der Waals surface area contributed by atoms with Crippen LogP contribution in [0.1, 0.15) is 25.7 Å². The third kappa shape index (κ3) is 3.40. The first kappa shape index (κ1) is 19.3. The monoisotopic (exact) mass is 394 g/mol. The number of hydrogen-bond acceptors (Lipinski definition) is 9. The first-order valence-electron chi connectivity index (χ1n) is 9.00. The van der Waals surface area contributed by atoms with Gasteiger partial charge >= 0.3 is 11.9 Å². The van der Waals surface area contributed by atoms with Gasteiger partial charge in [0.1, 0.15) is 12.2 Å². The lowest BCUT2D eigenvalue weighted by atomic mass is 9.97. The molecule has 0 saturated carbocycles. The summed E-state index contributed by atoms with van der Waals surface area (Å²) < 4.78 is 39.5. The Labute approximate surface area is 161 Å². The van der Waals surface area contributed by atoms with Gasteiger partial charge in [0.25, 0.3) is 5.79 Å². The van der Waals surface area contributed by atoms with Crippen LogP contribution in [-0.2, 0) is 42.7 Å². The summed E-state index contributed by atoms with van der Waals surface area (Å²) in [6.07, 6.45) is -4.50. The van der Waals surface area contributed by atoms with Crippen molar-refractivity contribution < 1.29 is 42.7 Å². The van der Waals surface area contributed by atoms with Crippen LogP contribution in [0.4, 0.5) is 0 Å². The molecule has 0 aliphatic carbocycles. The van der Waals surface area contributed by atoms with E-state index < -0.39 is 54.7 Å². The number of rotatable bonds is 3. The first-order valence-corrected chi connectivity index (χ1v) is 9.00. The second kappa shape index (κ2) is 7.41. The van der Waals surface area contributed by atoms with Crippen molar-refractivity contribution in [2.75, 3.05) is 13.7 Å². The Morgan fingerprint density at radius 2 is 1.86 bits per heavy atom. The summed E-state index contributed by atoms with van der Waals surface area (Å²) in [5.41, 5.74) is 0.827. The van der Waals surface area contributed by atoms with E-state index in [2.05, 4.69) is 0 Å². The maximum Gasteiger partial charge on any atom is 0.366 e. The van der Waals surface area contributed by atoms with E-state index in [1.165, 1.54) is 21.0 Å². The molecule has 1 aromatic carbocycles. The maximum atomic E-state index is 12.1. The summed E-state index contributed by atoms with van der Waals surface area (Å²) in [5.74, 6) is -2.89. The Bertz CT molecular complexity index is 738. The number of hydrogen-bond donors (Lipinski definition) is 0. The van der Waals surface area contributed by atoms with Crippen LogP contribution in [0.5, 0.6) is 0 Å². The van der Waals surface area contributed by atoms with E-state index in [9.17, 15) is 9.59 Å². The number of esters is 2. The minimum Gasteiger partial charge on any atom is -0.465 e. The molecule has 3 heterocycles. The summed E-state index contributed by atoms with van der Waals surface area (Å²) in [5, 5.41) is 0. The molecule has 4 rings (SSSR count). The standard InChI is InChI=1S/C19H22O9/c1-10(20)24-14-13-12(9-23-16(26-13)11-7-5-4-6-8-11)25-17-15(14)27-19(2,28-17)18(21)22-3/h4-8,12-17H,9H2,1-3H3/t12?,13-,14+,15?,16?,17-,19+/m1/s1. The van der Waals surface area contributed by atoms with Crippen molar-refractivity contribution in [1.82, 2.24) is 0 Å². The van der Waals surface area contributed by atoms with E-state index in [0.29, 0.717) is 0 Å². The van der Waals surface area contributed by atoms with E-state index in [4.69, 9.17) is 33.2 Å². The van der Waals surface area contributed by atoms with Crippen LogP contribution >= 0.6 is 0 Å². The number of carbonyl (C=O) groups is 2. The molecule has 28 heavy (non-hydrogen) atoms. The van der Waals surface area contributed by atoms with Crippen molar-refractivity contribution in [3.63, 3.8) is 0 Å². The van der Waals surface area contributed by atoms with Crippen LogP contribution < -0.4 is 0 Å². The van der Waals surface area contributed by atoms with Crippen LogP contribution in [0.25, 0.3) is 0 Å². The molecule has 0 spiro atoms. The van der Waals surface area contributed by atoms with Crippen molar-refractivity contribution in [2.24, 2.45) is 0 Å². The largest absolute Gasteiger partial charge is 0.465 e. The molecule has 0 N–H and O–H groups in total. The highest BCUT2D eigenvalue weighted by Crippen LogP contribution is 2.42. The molecule has 1 aromatic rings. The van der Waals surface area contributed by atoms with Crippen molar-refractivity contribution in [3.05, 3.63) is 35.9 Å². The van der Waals surface area contributed by atoms with Crippen LogP contribution in [0.15, 0.2) is 30.3 Å². The molecule has 3 fully saturated rings. The van der Waals surface area contributed by atoms with Crippen LogP contribution in [-0.4, -0.2) is 62.1 Å².